The first-order chi connectivity index (χ1) is 8.98. The molecule has 2 N–H and O–H groups in total. The molecule has 1 fully saturated rings. The second-order valence-electron chi connectivity index (χ2n) is 4.53. The molecule has 1 saturated heterocycles. The molecule has 2 nitrogen and oxygen atoms in total. The Morgan fingerprint density at radius 1 is 1.21 bits per heavy atom. The lowest BCUT2D eigenvalue weighted by Gasteiger charge is -2.29. The summed E-state index contributed by atoms with van der Waals surface area (Å²) in [6.07, 6.45) is 2.89. The van der Waals surface area contributed by atoms with Crippen LogP contribution in [0, 0.1) is 0 Å². The SMILES string of the molecule is NC[C@H]1CCC[C@@H](c2ccc(SC(F)(F)F)cc2)O1. The molecule has 0 radical (unpaired) electrons. The summed E-state index contributed by atoms with van der Waals surface area (Å²) >= 11 is -0.0997. The van der Waals surface area contributed by atoms with Crippen molar-refractivity contribution < 1.29 is 17.9 Å². The van der Waals surface area contributed by atoms with Gasteiger partial charge in [-0.2, -0.15) is 13.2 Å². The monoisotopic (exact) mass is 291 g/mol. The molecule has 0 saturated carbocycles. The Kier molecular flexibility index (Phi) is 4.76. The van der Waals surface area contributed by atoms with Crippen molar-refractivity contribution in [3.05, 3.63) is 29.8 Å². The van der Waals surface area contributed by atoms with E-state index in [0.29, 0.717) is 6.54 Å². The van der Waals surface area contributed by atoms with Crippen LogP contribution in [-0.4, -0.2) is 18.2 Å². The first kappa shape index (κ1) is 14.7. The number of alkyl halides is 3. The summed E-state index contributed by atoms with van der Waals surface area (Å²) in [4.78, 5) is 0.197. The molecule has 1 aliphatic rings. The molecule has 0 spiro atoms. The molecule has 2 rings (SSSR count). The van der Waals surface area contributed by atoms with Crippen LogP contribution in [0.3, 0.4) is 0 Å². The van der Waals surface area contributed by atoms with Gasteiger partial charge in [0.05, 0.1) is 12.2 Å². The van der Waals surface area contributed by atoms with Gasteiger partial charge in [0.25, 0.3) is 0 Å². The van der Waals surface area contributed by atoms with Gasteiger partial charge in [-0.05, 0) is 48.7 Å². The molecule has 0 bridgehead atoms. The van der Waals surface area contributed by atoms with E-state index in [0.717, 1.165) is 24.8 Å². The van der Waals surface area contributed by atoms with E-state index < -0.39 is 5.51 Å². The molecule has 1 aliphatic heterocycles. The van der Waals surface area contributed by atoms with Crippen molar-refractivity contribution in [2.45, 2.75) is 41.9 Å². The fraction of sp³-hybridized carbons (Fsp3) is 0.538. The molecule has 0 aliphatic carbocycles. The maximum absolute atomic E-state index is 12.2. The largest absolute Gasteiger partial charge is 0.446 e. The Labute approximate surface area is 114 Å². The second kappa shape index (κ2) is 6.15. The lowest BCUT2D eigenvalue weighted by atomic mass is 9.98. The molecule has 6 heteroatoms. The van der Waals surface area contributed by atoms with E-state index in [1.54, 1.807) is 12.1 Å². The quantitative estimate of drug-likeness (QED) is 0.859. The lowest BCUT2D eigenvalue weighted by Crippen LogP contribution is -2.29. The molecule has 0 unspecified atom stereocenters. The molecule has 106 valence electrons. The Hall–Kier alpha value is -0.720. The number of benzene rings is 1. The molecule has 0 aromatic heterocycles. The molecule has 1 aromatic carbocycles. The van der Waals surface area contributed by atoms with Crippen LogP contribution < -0.4 is 5.73 Å². The Morgan fingerprint density at radius 3 is 2.47 bits per heavy atom. The predicted molar refractivity (Wildman–Crippen MR) is 68.9 cm³/mol. The first-order valence-corrected chi connectivity index (χ1v) is 7.01. The summed E-state index contributed by atoms with van der Waals surface area (Å²) < 4.78 is 42.5. The topological polar surface area (TPSA) is 35.2 Å². The van der Waals surface area contributed by atoms with E-state index in [1.807, 2.05) is 0 Å². The average Bonchev–Trinajstić information content (AvgIpc) is 2.38. The van der Waals surface area contributed by atoms with Crippen LogP contribution >= 0.6 is 11.8 Å². The van der Waals surface area contributed by atoms with E-state index in [1.165, 1.54) is 12.1 Å². The highest BCUT2D eigenvalue weighted by Gasteiger charge is 2.29. The van der Waals surface area contributed by atoms with Gasteiger partial charge in [0.1, 0.15) is 0 Å². The van der Waals surface area contributed by atoms with Gasteiger partial charge in [-0.1, -0.05) is 12.1 Å². The fourth-order valence-corrected chi connectivity index (χ4v) is 2.74. The zero-order valence-electron chi connectivity index (χ0n) is 10.3. The van der Waals surface area contributed by atoms with Crippen LogP contribution in [0.1, 0.15) is 30.9 Å². The molecule has 1 aromatic rings. The van der Waals surface area contributed by atoms with Crippen LogP contribution in [0.15, 0.2) is 29.2 Å². The number of nitrogens with two attached hydrogens (primary N) is 1. The zero-order chi connectivity index (χ0) is 13.9. The highest BCUT2D eigenvalue weighted by Crippen LogP contribution is 2.38. The summed E-state index contributed by atoms with van der Waals surface area (Å²) in [5, 5.41) is 0. The number of thioether (sulfide) groups is 1. The van der Waals surface area contributed by atoms with Gasteiger partial charge < -0.3 is 10.5 Å². The zero-order valence-corrected chi connectivity index (χ0v) is 11.1. The van der Waals surface area contributed by atoms with Crippen molar-refractivity contribution in [2.24, 2.45) is 5.73 Å². The maximum atomic E-state index is 12.2. The fourth-order valence-electron chi connectivity index (χ4n) is 2.20. The van der Waals surface area contributed by atoms with Crippen molar-refractivity contribution in [3.8, 4) is 0 Å². The third-order valence-corrected chi connectivity index (χ3v) is 3.84. The Morgan fingerprint density at radius 2 is 1.89 bits per heavy atom. The minimum atomic E-state index is -4.24. The van der Waals surface area contributed by atoms with Crippen LogP contribution in [0.25, 0.3) is 0 Å². The van der Waals surface area contributed by atoms with E-state index in [4.69, 9.17) is 10.5 Å². The molecular formula is C13H16F3NOS. The minimum Gasteiger partial charge on any atom is -0.369 e. The van der Waals surface area contributed by atoms with E-state index in [2.05, 4.69) is 0 Å². The van der Waals surface area contributed by atoms with E-state index in [9.17, 15) is 13.2 Å². The number of hydrogen-bond acceptors (Lipinski definition) is 3. The van der Waals surface area contributed by atoms with Gasteiger partial charge in [0, 0.05) is 11.4 Å². The highest BCUT2D eigenvalue weighted by molar-refractivity contribution is 8.00. The van der Waals surface area contributed by atoms with E-state index >= 15 is 0 Å². The molecule has 2 atom stereocenters. The minimum absolute atomic E-state index is 0.0489. The number of hydrogen-bond donors (Lipinski definition) is 1. The summed E-state index contributed by atoms with van der Waals surface area (Å²) in [5.74, 6) is 0. The third-order valence-electron chi connectivity index (χ3n) is 3.10. The first-order valence-electron chi connectivity index (χ1n) is 6.19. The van der Waals surface area contributed by atoms with E-state index in [-0.39, 0.29) is 28.9 Å². The molecular weight excluding hydrogens is 275 g/mol. The van der Waals surface area contributed by atoms with Gasteiger partial charge in [-0.25, -0.2) is 0 Å². The maximum Gasteiger partial charge on any atom is 0.446 e. The third kappa shape index (κ3) is 4.40. The predicted octanol–water partition coefficient (Wildman–Crippen LogP) is 3.87. The van der Waals surface area contributed by atoms with Crippen molar-refractivity contribution >= 4 is 11.8 Å². The van der Waals surface area contributed by atoms with Crippen LogP contribution in [0.2, 0.25) is 0 Å². The van der Waals surface area contributed by atoms with Gasteiger partial charge in [0.15, 0.2) is 0 Å². The Balaban J connectivity index is 2.01. The number of ether oxygens (including phenoxy) is 1. The van der Waals surface area contributed by atoms with Crippen molar-refractivity contribution in [3.63, 3.8) is 0 Å². The second-order valence-corrected chi connectivity index (χ2v) is 5.67. The van der Waals surface area contributed by atoms with Crippen molar-refractivity contribution in [2.75, 3.05) is 6.54 Å². The summed E-state index contributed by atoms with van der Waals surface area (Å²) in [6, 6.07) is 6.39. The molecule has 1 heterocycles. The lowest BCUT2D eigenvalue weighted by molar-refractivity contribution is -0.0462. The normalized spacial score (nSPS) is 24.4. The van der Waals surface area contributed by atoms with Crippen molar-refractivity contribution in [1.29, 1.82) is 0 Å². The van der Waals surface area contributed by atoms with Crippen LogP contribution in [0.4, 0.5) is 13.2 Å². The number of halogens is 3. The molecule has 19 heavy (non-hydrogen) atoms. The number of rotatable bonds is 3. The van der Waals surface area contributed by atoms with Crippen LogP contribution in [-0.2, 0) is 4.74 Å². The Bertz CT molecular complexity index is 407. The van der Waals surface area contributed by atoms with Gasteiger partial charge in [-0.15, -0.1) is 0 Å². The smallest absolute Gasteiger partial charge is 0.369 e. The van der Waals surface area contributed by atoms with Gasteiger partial charge in [0.2, 0.25) is 0 Å². The summed E-state index contributed by atoms with van der Waals surface area (Å²) in [6.45, 7) is 0.485. The van der Waals surface area contributed by atoms with Gasteiger partial charge >= 0.3 is 5.51 Å². The standard InChI is InChI=1S/C13H16F3NOS/c14-13(15,16)19-11-6-4-9(5-7-11)12-3-1-2-10(8-17)18-12/h4-7,10,12H,1-3,8,17H2/t10-,12+/m1/s1. The molecule has 0 amide bonds. The van der Waals surface area contributed by atoms with Crippen molar-refractivity contribution in [1.82, 2.24) is 0 Å². The van der Waals surface area contributed by atoms with Crippen LogP contribution in [0.5, 0.6) is 0 Å². The highest BCUT2D eigenvalue weighted by atomic mass is 32.2. The summed E-state index contributed by atoms with van der Waals surface area (Å²) in [7, 11) is 0. The average molecular weight is 291 g/mol. The summed E-state index contributed by atoms with van der Waals surface area (Å²) in [5.41, 5.74) is 2.26. The van der Waals surface area contributed by atoms with Gasteiger partial charge in [-0.3, -0.25) is 0 Å².